The lowest BCUT2D eigenvalue weighted by Crippen LogP contribution is -2.50. The maximum absolute atomic E-state index is 13.1. The summed E-state index contributed by atoms with van der Waals surface area (Å²) in [5.41, 5.74) is 8.27. The molecule has 1 amide bonds. The Bertz CT molecular complexity index is 1150. The number of sulfonamides is 1. The summed E-state index contributed by atoms with van der Waals surface area (Å²) in [5, 5.41) is 0.566. The van der Waals surface area contributed by atoms with Gasteiger partial charge in [0, 0.05) is 55.2 Å². The van der Waals surface area contributed by atoms with E-state index in [-0.39, 0.29) is 23.9 Å². The lowest BCUT2D eigenvalue weighted by Gasteiger charge is -2.34. The van der Waals surface area contributed by atoms with Crippen LogP contribution in [0.2, 0.25) is 0 Å². The summed E-state index contributed by atoms with van der Waals surface area (Å²) in [6, 6.07) is 8.68. The van der Waals surface area contributed by atoms with Gasteiger partial charge in [-0.3, -0.25) is 4.79 Å². The first-order valence-corrected chi connectivity index (χ1v) is 10.4. The van der Waals surface area contributed by atoms with Gasteiger partial charge in [0.05, 0.1) is 0 Å². The van der Waals surface area contributed by atoms with Gasteiger partial charge in [0.25, 0.3) is 5.91 Å². The second-order valence-corrected chi connectivity index (χ2v) is 8.73. The van der Waals surface area contributed by atoms with Crippen molar-refractivity contribution in [3.8, 4) is 0 Å². The molecule has 0 spiro atoms. The molecule has 28 heavy (non-hydrogen) atoms. The summed E-state index contributed by atoms with van der Waals surface area (Å²) in [4.78, 5) is 21.7. The number of fused-ring (bicyclic) bond motifs is 1. The van der Waals surface area contributed by atoms with Gasteiger partial charge in [0.1, 0.15) is 10.5 Å². The van der Waals surface area contributed by atoms with Gasteiger partial charge in [-0.1, -0.05) is 6.07 Å². The number of aromatic amines is 1. The zero-order valence-corrected chi connectivity index (χ0v) is 16.2. The molecular weight excluding hydrogens is 378 g/mol. The summed E-state index contributed by atoms with van der Waals surface area (Å²) >= 11 is 0. The molecule has 1 aliphatic rings. The molecule has 146 valence electrons. The van der Waals surface area contributed by atoms with Crippen molar-refractivity contribution in [2.24, 2.45) is 0 Å². The Hall–Kier alpha value is -2.91. The molecule has 0 saturated carbocycles. The number of carbonyl (C=O) groups is 1. The lowest BCUT2D eigenvalue weighted by molar-refractivity contribution is 0.0697. The van der Waals surface area contributed by atoms with Gasteiger partial charge in [0.2, 0.25) is 10.0 Å². The fourth-order valence-electron chi connectivity index (χ4n) is 3.46. The number of nitrogens with zero attached hydrogens (tertiary/aromatic N) is 3. The molecule has 1 saturated heterocycles. The zero-order valence-electron chi connectivity index (χ0n) is 15.4. The van der Waals surface area contributed by atoms with Crippen molar-refractivity contribution in [2.45, 2.75) is 11.8 Å². The topological polar surface area (TPSA) is 112 Å². The molecule has 9 heteroatoms. The van der Waals surface area contributed by atoms with Crippen molar-refractivity contribution in [3.05, 3.63) is 53.9 Å². The van der Waals surface area contributed by atoms with E-state index in [9.17, 15) is 13.2 Å². The fraction of sp³-hybridized carbons (Fsp3) is 0.263. The van der Waals surface area contributed by atoms with Gasteiger partial charge < -0.3 is 15.6 Å². The van der Waals surface area contributed by atoms with E-state index in [2.05, 4.69) is 9.97 Å². The van der Waals surface area contributed by atoms with Crippen molar-refractivity contribution in [2.75, 3.05) is 31.9 Å². The second kappa shape index (κ2) is 6.92. The molecule has 0 radical (unpaired) electrons. The summed E-state index contributed by atoms with van der Waals surface area (Å²) in [6.07, 6.45) is 3.08. The third kappa shape index (κ3) is 3.12. The number of hydrogen-bond donors (Lipinski definition) is 2. The molecule has 8 nitrogen and oxygen atoms in total. The highest BCUT2D eigenvalue weighted by molar-refractivity contribution is 7.89. The predicted molar refractivity (Wildman–Crippen MR) is 106 cm³/mol. The number of benzene rings is 1. The average Bonchev–Trinajstić information content (AvgIpc) is 3.14. The second-order valence-electron chi connectivity index (χ2n) is 6.82. The van der Waals surface area contributed by atoms with E-state index < -0.39 is 10.0 Å². The molecule has 1 aromatic carbocycles. The number of nitrogen functional groups attached to an aromatic ring is 1. The fourth-order valence-corrected chi connectivity index (χ4v) is 5.03. The number of piperazine rings is 1. The van der Waals surface area contributed by atoms with Crippen LogP contribution in [0.4, 0.5) is 5.69 Å². The molecule has 0 atom stereocenters. The summed E-state index contributed by atoms with van der Waals surface area (Å²) in [7, 11) is -3.67. The predicted octanol–water partition coefficient (Wildman–Crippen LogP) is 1.60. The van der Waals surface area contributed by atoms with Crippen molar-refractivity contribution >= 4 is 32.7 Å². The number of carbonyl (C=O) groups excluding carboxylic acids is 1. The van der Waals surface area contributed by atoms with E-state index in [4.69, 9.17) is 5.73 Å². The van der Waals surface area contributed by atoms with Gasteiger partial charge >= 0.3 is 0 Å². The Morgan fingerprint density at radius 3 is 2.68 bits per heavy atom. The molecule has 0 aliphatic carbocycles. The number of aryl methyl sites for hydroxylation is 1. The van der Waals surface area contributed by atoms with Crippen LogP contribution in [0.5, 0.6) is 0 Å². The van der Waals surface area contributed by atoms with E-state index >= 15 is 0 Å². The lowest BCUT2D eigenvalue weighted by atomic mass is 10.1. The van der Waals surface area contributed by atoms with Crippen LogP contribution in [0.1, 0.15) is 15.9 Å². The van der Waals surface area contributed by atoms with Gasteiger partial charge in [-0.15, -0.1) is 0 Å². The number of rotatable bonds is 3. The number of nitrogens with two attached hydrogens (primary N) is 1. The van der Waals surface area contributed by atoms with Crippen LogP contribution in [0.3, 0.4) is 0 Å². The monoisotopic (exact) mass is 399 g/mol. The van der Waals surface area contributed by atoms with Crippen LogP contribution in [0.15, 0.2) is 47.6 Å². The van der Waals surface area contributed by atoms with Crippen molar-refractivity contribution in [1.29, 1.82) is 0 Å². The normalized spacial score (nSPS) is 15.8. The van der Waals surface area contributed by atoms with Gasteiger partial charge in [-0.05, 0) is 36.8 Å². The molecule has 3 heterocycles. The number of nitrogens with one attached hydrogen (secondary N) is 1. The molecule has 0 bridgehead atoms. The largest absolute Gasteiger partial charge is 0.399 e. The highest BCUT2D eigenvalue weighted by Gasteiger charge is 2.32. The molecular formula is C19H21N5O3S. The number of H-pyrrole nitrogens is 1. The smallest absolute Gasteiger partial charge is 0.254 e. The Kier molecular flexibility index (Phi) is 4.56. The van der Waals surface area contributed by atoms with E-state index in [0.29, 0.717) is 35.4 Å². The molecule has 0 unspecified atom stereocenters. The molecule has 3 N–H and O–H groups in total. The van der Waals surface area contributed by atoms with Gasteiger partial charge in [-0.25, -0.2) is 13.4 Å². The Morgan fingerprint density at radius 2 is 1.93 bits per heavy atom. The third-order valence-electron chi connectivity index (χ3n) is 5.05. The van der Waals surface area contributed by atoms with E-state index in [1.165, 1.54) is 10.5 Å². The minimum atomic E-state index is -3.67. The maximum atomic E-state index is 13.1. The molecule has 3 aromatic rings. The molecule has 4 rings (SSSR count). The molecule has 1 aliphatic heterocycles. The number of amides is 1. The average molecular weight is 399 g/mol. The van der Waals surface area contributed by atoms with Gasteiger partial charge in [-0.2, -0.15) is 4.31 Å². The number of hydrogen-bond acceptors (Lipinski definition) is 5. The zero-order chi connectivity index (χ0) is 19.9. The summed E-state index contributed by atoms with van der Waals surface area (Å²) in [5.74, 6) is -0.127. The first-order chi connectivity index (χ1) is 13.4. The standard InChI is InChI=1S/C19H21N5O3S/c1-13-4-5-14(20)11-16(13)19(25)23-7-9-24(10-8-23)28(26,27)17-12-22-18-15(17)3-2-6-21-18/h2-6,11-12H,7-10,20H2,1H3,(H,21,22). The van der Waals surface area contributed by atoms with E-state index in [1.807, 2.05) is 13.0 Å². The van der Waals surface area contributed by atoms with Crippen LogP contribution < -0.4 is 5.73 Å². The first-order valence-electron chi connectivity index (χ1n) is 8.95. The summed E-state index contributed by atoms with van der Waals surface area (Å²) < 4.78 is 27.5. The maximum Gasteiger partial charge on any atom is 0.254 e. The number of pyridine rings is 1. The van der Waals surface area contributed by atoms with Crippen LogP contribution >= 0.6 is 0 Å². The van der Waals surface area contributed by atoms with Crippen LogP contribution in [0.25, 0.3) is 11.0 Å². The van der Waals surface area contributed by atoms with Crippen LogP contribution in [0, 0.1) is 6.92 Å². The summed E-state index contributed by atoms with van der Waals surface area (Å²) in [6.45, 7) is 2.99. The number of aromatic nitrogens is 2. The van der Waals surface area contributed by atoms with Gasteiger partial charge in [0.15, 0.2) is 0 Å². The Balaban J connectivity index is 1.52. The SMILES string of the molecule is Cc1ccc(N)cc1C(=O)N1CCN(S(=O)(=O)c2c[nH]c3ncccc23)CC1. The minimum Gasteiger partial charge on any atom is -0.399 e. The minimum absolute atomic E-state index is 0.127. The Labute approximate surface area is 163 Å². The Morgan fingerprint density at radius 1 is 1.18 bits per heavy atom. The third-order valence-corrected chi connectivity index (χ3v) is 6.99. The van der Waals surface area contributed by atoms with E-state index in [1.54, 1.807) is 35.4 Å². The first kappa shape index (κ1) is 18.5. The highest BCUT2D eigenvalue weighted by Crippen LogP contribution is 2.25. The van der Waals surface area contributed by atoms with Crippen LogP contribution in [-0.4, -0.2) is 59.7 Å². The van der Waals surface area contributed by atoms with Crippen molar-refractivity contribution < 1.29 is 13.2 Å². The van der Waals surface area contributed by atoms with E-state index in [0.717, 1.165) is 5.56 Å². The van der Waals surface area contributed by atoms with Crippen molar-refractivity contribution in [3.63, 3.8) is 0 Å². The number of anilines is 1. The van der Waals surface area contributed by atoms with Crippen molar-refractivity contribution in [1.82, 2.24) is 19.2 Å². The quantitative estimate of drug-likeness (QED) is 0.650. The highest BCUT2D eigenvalue weighted by atomic mass is 32.2. The van der Waals surface area contributed by atoms with Crippen LogP contribution in [-0.2, 0) is 10.0 Å². The molecule has 2 aromatic heterocycles. The molecule has 1 fully saturated rings.